The molecule has 2 aromatic carbocycles. The van der Waals surface area contributed by atoms with Gasteiger partial charge in [0.2, 0.25) is 5.91 Å². The molecular weight excluding hydrogens is 426 g/mol. The van der Waals surface area contributed by atoms with E-state index in [0.717, 1.165) is 10.4 Å². The zero-order valence-corrected chi connectivity index (χ0v) is 17.8. The van der Waals surface area contributed by atoms with Crippen molar-refractivity contribution >= 4 is 40.5 Å². The number of carbonyl (C=O) groups is 2. The predicted molar refractivity (Wildman–Crippen MR) is 116 cm³/mol. The number of carbonyl (C=O) groups excluding carboxylic acids is 1. The fraction of sp³-hybridized carbons (Fsp3) is 0.182. The molecule has 1 aromatic heterocycles. The number of aromatic carboxylic acids is 1. The highest BCUT2D eigenvalue weighted by atomic mass is 35.5. The Morgan fingerprint density at radius 1 is 1.13 bits per heavy atom. The van der Waals surface area contributed by atoms with Crippen molar-refractivity contribution < 1.29 is 24.2 Å². The second-order valence-electron chi connectivity index (χ2n) is 6.78. The van der Waals surface area contributed by atoms with Crippen LogP contribution in [0.3, 0.4) is 0 Å². The maximum absolute atomic E-state index is 12.6. The van der Waals surface area contributed by atoms with Gasteiger partial charge in [-0.25, -0.2) is 4.79 Å². The summed E-state index contributed by atoms with van der Waals surface area (Å²) in [5, 5.41) is 13.3. The standard InChI is InChI=1S/C22H18ClNO5S/c1-28-15-8-5-12(9-16(15)29-2)14-10-17(25)24-19-18(11-3-6-13(23)7-4-11)21(22(26)27)30-20(14)19/h3-9,14H,10H2,1-2H3,(H,24,25)(H,26,27). The van der Waals surface area contributed by atoms with Crippen LogP contribution in [0.25, 0.3) is 11.1 Å². The third-order valence-electron chi connectivity index (χ3n) is 5.04. The number of ether oxygens (including phenoxy) is 2. The number of hydrogen-bond donors (Lipinski definition) is 2. The van der Waals surface area contributed by atoms with Crippen molar-refractivity contribution in [2.24, 2.45) is 0 Å². The highest BCUT2D eigenvalue weighted by Gasteiger charge is 2.34. The minimum atomic E-state index is -1.04. The van der Waals surface area contributed by atoms with Gasteiger partial charge in [-0.2, -0.15) is 0 Å². The average molecular weight is 444 g/mol. The van der Waals surface area contributed by atoms with Crippen LogP contribution in [0.1, 0.15) is 32.5 Å². The molecular formula is C22H18ClNO5S. The first kappa shape index (κ1) is 20.3. The van der Waals surface area contributed by atoms with Crippen molar-refractivity contribution in [3.05, 3.63) is 62.8 Å². The molecule has 2 N–H and O–H groups in total. The second-order valence-corrected chi connectivity index (χ2v) is 8.27. The summed E-state index contributed by atoms with van der Waals surface area (Å²) >= 11 is 7.17. The third kappa shape index (κ3) is 3.51. The smallest absolute Gasteiger partial charge is 0.346 e. The van der Waals surface area contributed by atoms with Crippen molar-refractivity contribution in [1.29, 1.82) is 0 Å². The Hall–Kier alpha value is -3.03. The van der Waals surface area contributed by atoms with Crippen LogP contribution in [-0.4, -0.2) is 31.2 Å². The Kier molecular flexibility index (Phi) is 5.40. The zero-order chi connectivity index (χ0) is 21.4. The summed E-state index contributed by atoms with van der Waals surface area (Å²) in [6.07, 6.45) is 0.210. The molecule has 1 aliphatic rings. The van der Waals surface area contributed by atoms with Crippen LogP contribution < -0.4 is 14.8 Å². The normalized spacial score (nSPS) is 15.3. The molecule has 154 valence electrons. The molecule has 6 nitrogen and oxygen atoms in total. The van der Waals surface area contributed by atoms with Gasteiger partial charge in [-0.15, -0.1) is 11.3 Å². The molecule has 1 amide bonds. The van der Waals surface area contributed by atoms with E-state index in [2.05, 4.69) is 5.32 Å². The summed E-state index contributed by atoms with van der Waals surface area (Å²) < 4.78 is 10.7. The Morgan fingerprint density at radius 2 is 1.83 bits per heavy atom. The molecule has 0 saturated carbocycles. The van der Waals surface area contributed by atoms with E-state index < -0.39 is 5.97 Å². The zero-order valence-electron chi connectivity index (χ0n) is 16.2. The highest BCUT2D eigenvalue weighted by molar-refractivity contribution is 7.15. The molecule has 30 heavy (non-hydrogen) atoms. The SMILES string of the molecule is COc1ccc(C2CC(=O)Nc3c2sc(C(=O)O)c3-c2ccc(Cl)cc2)cc1OC. The fourth-order valence-corrected chi connectivity index (χ4v) is 5.04. The topological polar surface area (TPSA) is 84.9 Å². The van der Waals surface area contributed by atoms with Crippen LogP contribution in [-0.2, 0) is 4.79 Å². The van der Waals surface area contributed by atoms with Gasteiger partial charge in [0.25, 0.3) is 0 Å². The first-order valence-electron chi connectivity index (χ1n) is 9.10. The summed E-state index contributed by atoms with van der Waals surface area (Å²) in [5.41, 5.74) is 2.57. The maximum Gasteiger partial charge on any atom is 0.346 e. The number of benzene rings is 2. The maximum atomic E-state index is 12.6. The number of anilines is 1. The molecule has 0 fully saturated rings. The third-order valence-corrected chi connectivity index (χ3v) is 6.59. The number of hydrogen-bond acceptors (Lipinski definition) is 5. The van der Waals surface area contributed by atoms with E-state index in [0.29, 0.717) is 33.3 Å². The van der Waals surface area contributed by atoms with Crippen molar-refractivity contribution in [1.82, 2.24) is 0 Å². The van der Waals surface area contributed by atoms with Crippen LogP contribution in [0.4, 0.5) is 5.69 Å². The lowest BCUT2D eigenvalue weighted by Crippen LogP contribution is -2.22. The van der Waals surface area contributed by atoms with E-state index in [4.69, 9.17) is 21.1 Å². The van der Waals surface area contributed by atoms with Gasteiger partial charge in [-0.1, -0.05) is 29.8 Å². The number of carboxylic acid groups (broad SMARTS) is 1. The van der Waals surface area contributed by atoms with E-state index in [1.807, 2.05) is 12.1 Å². The highest BCUT2D eigenvalue weighted by Crippen LogP contribution is 2.50. The van der Waals surface area contributed by atoms with Gasteiger partial charge in [0.1, 0.15) is 4.88 Å². The van der Waals surface area contributed by atoms with Gasteiger partial charge in [0.15, 0.2) is 11.5 Å². The Labute approximate surface area is 182 Å². The number of nitrogens with one attached hydrogen (secondary N) is 1. The average Bonchev–Trinajstić information content (AvgIpc) is 3.12. The van der Waals surface area contributed by atoms with Gasteiger partial charge >= 0.3 is 5.97 Å². The molecule has 1 unspecified atom stereocenters. The van der Waals surface area contributed by atoms with Crippen LogP contribution in [0.2, 0.25) is 5.02 Å². The number of methoxy groups -OCH3 is 2. The summed E-state index contributed by atoms with van der Waals surface area (Å²) in [4.78, 5) is 25.6. The van der Waals surface area contributed by atoms with Gasteiger partial charge in [0.05, 0.1) is 19.9 Å². The summed E-state index contributed by atoms with van der Waals surface area (Å²) in [7, 11) is 3.10. The summed E-state index contributed by atoms with van der Waals surface area (Å²) in [6, 6.07) is 12.4. The molecule has 1 atom stereocenters. The lowest BCUT2D eigenvalue weighted by atomic mass is 9.88. The van der Waals surface area contributed by atoms with E-state index >= 15 is 0 Å². The summed E-state index contributed by atoms with van der Waals surface area (Å²) in [5.74, 6) is -0.374. The molecule has 0 saturated heterocycles. The van der Waals surface area contributed by atoms with Crippen LogP contribution in [0.15, 0.2) is 42.5 Å². The Balaban J connectivity index is 1.90. The molecule has 0 aliphatic carbocycles. The number of fused-ring (bicyclic) bond motifs is 1. The Morgan fingerprint density at radius 3 is 2.47 bits per heavy atom. The monoisotopic (exact) mass is 443 g/mol. The van der Waals surface area contributed by atoms with E-state index in [9.17, 15) is 14.7 Å². The van der Waals surface area contributed by atoms with Gasteiger partial charge in [-0.3, -0.25) is 4.79 Å². The number of rotatable bonds is 5. The largest absolute Gasteiger partial charge is 0.493 e. The molecule has 3 aromatic rings. The van der Waals surface area contributed by atoms with Crippen LogP contribution in [0.5, 0.6) is 11.5 Å². The lowest BCUT2D eigenvalue weighted by Gasteiger charge is -2.24. The molecule has 1 aliphatic heterocycles. The molecule has 0 spiro atoms. The number of carboxylic acids is 1. The van der Waals surface area contributed by atoms with E-state index in [1.165, 1.54) is 11.3 Å². The molecule has 0 bridgehead atoms. The fourth-order valence-electron chi connectivity index (χ4n) is 3.67. The summed E-state index contributed by atoms with van der Waals surface area (Å²) in [6.45, 7) is 0. The number of halogens is 1. The van der Waals surface area contributed by atoms with Crippen molar-refractivity contribution in [3.63, 3.8) is 0 Å². The number of amides is 1. The Bertz CT molecular complexity index is 1140. The first-order valence-corrected chi connectivity index (χ1v) is 10.3. The molecule has 8 heteroatoms. The van der Waals surface area contributed by atoms with Crippen LogP contribution >= 0.6 is 22.9 Å². The van der Waals surface area contributed by atoms with Gasteiger partial charge in [-0.05, 0) is 35.4 Å². The first-order chi connectivity index (χ1) is 14.4. The van der Waals surface area contributed by atoms with Crippen molar-refractivity contribution in [2.75, 3.05) is 19.5 Å². The van der Waals surface area contributed by atoms with Crippen LogP contribution in [0, 0.1) is 0 Å². The van der Waals surface area contributed by atoms with Gasteiger partial charge in [0, 0.05) is 27.8 Å². The minimum absolute atomic E-state index is 0.174. The quantitative estimate of drug-likeness (QED) is 0.562. The minimum Gasteiger partial charge on any atom is -0.493 e. The second kappa shape index (κ2) is 8.01. The lowest BCUT2D eigenvalue weighted by molar-refractivity contribution is -0.116. The van der Waals surface area contributed by atoms with Crippen molar-refractivity contribution in [2.45, 2.75) is 12.3 Å². The molecule has 0 radical (unpaired) electrons. The van der Waals surface area contributed by atoms with E-state index in [1.54, 1.807) is 44.6 Å². The van der Waals surface area contributed by atoms with Gasteiger partial charge < -0.3 is 19.9 Å². The number of thiophene rings is 1. The van der Waals surface area contributed by atoms with Crippen molar-refractivity contribution in [3.8, 4) is 22.6 Å². The predicted octanol–water partition coefficient (Wildman–Crippen LogP) is 5.26. The molecule has 4 rings (SSSR count). The molecule has 2 heterocycles. The van der Waals surface area contributed by atoms with E-state index in [-0.39, 0.29) is 23.1 Å².